The molecule has 3 aromatic carbocycles. The number of amidine groups is 1. The number of ether oxygens (including phenoxy) is 1. The molecular weight excluding hydrogens is 553 g/mol. The van der Waals surface area contributed by atoms with Crippen LogP contribution in [0.5, 0.6) is 5.75 Å². The Morgan fingerprint density at radius 1 is 1.15 bits per heavy atom. The third kappa shape index (κ3) is 7.70. The Morgan fingerprint density at radius 3 is 2.42 bits per heavy atom. The van der Waals surface area contributed by atoms with Crippen molar-refractivity contribution in [2.24, 2.45) is 11.7 Å². The van der Waals surface area contributed by atoms with E-state index in [1.165, 1.54) is 0 Å². The van der Waals surface area contributed by atoms with Crippen molar-refractivity contribution >= 4 is 38.5 Å². The SMILES string of the molecule is COc1ccc2cc(S(=O)(=O)NC[C@@H]3CCN(Cc4cccc(C(=N)N)c4)C3=O)ccc2c1.O=C(O)C(F)(F)F. The van der Waals surface area contributed by atoms with E-state index in [2.05, 4.69) is 4.72 Å². The molecule has 40 heavy (non-hydrogen) atoms. The van der Waals surface area contributed by atoms with Crippen LogP contribution in [0.15, 0.2) is 65.6 Å². The number of sulfonamides is 1. The zero-order chi connectivity index (χ0) is 29.7. The number of likely N-dealkylation sites (tertiary alicyclic amines) is 1. The second-order valence-electron chi connectivity index (χ2n) is 8.89. The number of halogens is 3. The van der Waals surface area contributed by atoms with E-state index in [0.29, 0.717) is 30.8 Å². The van der Waals surface area contributed by atoms with Crippen LogP contribution in [0.3, 0.4) is 0 Å². The molecule has 0 aromatic heterocycles. The fourth-order valence-corrected chi connectivity index (χ4v) is 5.11. The van der Waals surface area contributed by atoms with Gasteiger partial charge in [0.25, 0.3) is 0 Å². The van der Waals surface area contributed by atoms with Crippen LogP contribution in [0.1, 0.15) is 17.5 Å². The summed E-state index contributed by atoms with van der Waals surface area (Å²) in [6.45, 7) is 0.997. The van der Waals surface area contributed by atoms with Crippen LogP contribution in [-0.2, 0) is 26.2 Å². The van der Waals surface area contributed by atoms with Crippen LogP contribution < -0.4 is 15.2 Å². The minimum absolute atomic E-state index is 0.0234. The number of hydrogen-bond donors (Lipinski definition) is 4. The number of nitrogens with one attached hydrogen (secondary N) is 2. The van der Waals surface area contributed by atoms with Crippen molar-refractivity contribution < 1.29 is 41.0 Å². The van der Waals surface area contributed by atoms with E-state index < -0.39 is 28.1 Å². The quantitative estimate of drug-likeness (QED) is 0.235. The molecule has 0 spiro atoms. The highest BCUT2D eigenvalue weighted by Crippen LogP contribution is 2.25. The zero-order valence-electron chi connectivity index (χ0n) is 21.2. The molecule has 14 heteroatoms. The van der Waals surface area contributed by atoms with Crippen molar-refractivity contribution in [3.05, 3.63) is 71.8 Å². The molecule has 5 N–H and O–H groups in total. The van der Waals surface area contributed by atoms with E-state index in [4.69, 9.17) is 25.8 Å². The predicted molar refractivity (Wildman–Crippen MR) is 140 cm³/mol. The highest BCUT2D eigenvalue weighted by Gasteiger charge is 2.38. The Hall–Kier alpha value is -4.17. The largest absolute Gasteiger partial charge is 0.497 e. The van der Waals surface area contributed by atoms with Crippen molar-refractivity contribution in [3.8, 4) is 5.75 Å². The Kier molecular flexibility index (Phi) is 9.37. The van der Waals surface area contributed by atoms with E-state index in [9.17, 15) is 26.4 Å². The number of benzene rings is 3. The van der Waals surface area contributed by atoms with Gasteiger partial charge >= 0.3 is 12.1 Å². The first-order chi connectivity index (χ1) is 18.7. The molecule has 0 unspecified atom stereocenters. The third-order valence-corrected chi connectivity index (χ3v) is 7.53. The van der Waals surface area contributed by atoms with Gasteiger partial charge in [-0.25, -0.2) is 17.9 Å². The molecule has 0 saturated carbocycles. The van der Waals surface area contributed by atoms with Gasteiger partial charge in [-0.3, -0.25) is 10.2 Å². The van der Waals surface area contributed by atoms with Gasteiger partial charge in [0.1, 0.15) is 11.6 Å². The summed E-state index contributed by atoms with van der Waals surface area (Å²) in [5, 5.41) is 16.4. The summed E-state index contributed by atoms with van der Waals surface area (Å²) in [5.41, 5.74) is 7.03. The molecule has 0 bridgehead atoms. The maximum Gasteiger partial charge on any atom is 0.490 e. The highest BCUT2D eigenvalue weighted by atomic mass is 32.2. The van der Waals surface area contributed by atoms with Gasteiger partial charge in [-0.15, -0.1) is 0 Å². The normalized spacial score (nSPS) is 15.4. The maximum atomic E-state index is 12.8. The van der Waals surface area contributed by atoms with Gasteiger partial charge in [0, 0.05) is 25.2 Å². The van der Waals surface area contributed by atoms with Crippen LogP contribution in [0.4, 0.5) is 13.2 Å². The second-order valence-corrected chi connectivity index (χ2v) is 10.7. The number of hydrogen-bond acceptors (Lipinski definition) is 6. The van der Waals surface area contributed by atoms with Crippen LogP contribution in [0.25, 0.3) is 10.8 Å². The van der Waals surface area contributed by atoms with Gasteiger partial charge in [-0.2, -0.15) is 13.2 Å². The summed E-state index contributed by atoms with van der Waals surface area (Å²) in [6, 6.07) is 17.6. The highest BCUT2D eigenvalue weighted by molar-refractivity contribution is 7.89. The van der Waals surface area contributed by atoms with Crippen LogP contribution in [0, 0.1) is 11.3 Å². The molecule has 4 rings (SSSR count). The number of carboxylic acids is 1. The molecule has 1 aliphatic rings. The van der Waals surface area contributed by atoms with Gasteiger partial charge in [0.2, 0.25) is 15.9 Å². The van der Waals surface area contributed by atoms with Crippen molar-refractivity contribution in [2.75, 3.05) is 20.2 Å². The van der Waals surface area contributed by atoms with Gasteiger partial charge in [-0.05, 0) is 53.1 Å². The molecule has 3 aromatic rings. The first kappa shape index (κ1) is 30.4. The number of nitrogens with zero attached hydrogens (tertiary/aromatic N) is 1. The summed E-state index contributed by atoms with van der Waals surface area (Å²) in [4.78, 5) is 23.6. The number of fused-ring (bicyclic) bond motifs is 1. The lowest BCUT2D eigenvalue weighted by molar-refractivity contribution is -0.192. The number of alkyl halides is 3. The first-order valence-corrected chi connectivity index (χ1v) is 13.3. The molecule has 0 radical (unpaired) electrons. The number of rotatable bonds is 8. The maximum absolute atomic E-state index is 12.8. The van der Waals surface area contributed by atoms with E-state index in [-0.39, 0.29) is 23.2 Å². The standard InChI is InChI=1S/C24H26N4O4S.C2HF3O2/c1-32-21-7-5-18-13-22(8-6-17(18)12-21)33(30,31)27-14-20-9-10-28(24(20)29)15-16-3-2-4-19(11-16)23(25)26;3-2(4,5)1(6)7/h2-8,11-13,20,27H,9-10,14-15H2,1H3,(H3,25,26);(H,6,7)/t20-;/m0./s1. The fraction of sp³-hybridized carbons (Fsp3) is 0.269. The summed E-state index contributed by atoms with van der Waals surface area (Å²) >= 11 is 0. The predicted octanol–water partition coefficient (Wildman–Crippen LogP) is 3.09. The average Bonchev–Trinajstić information content (AvgIpc) is 3.25. The molecule has 1 saturated heterocycles. The third-order valence-electron chi connectivity index (χ3n) is 6.11. The smallest absolute Gasteiger partial charge is 0.490 e. The van der Waals surface area contributed by atoms with E-state index in [0.717, 1.165) is 16.3 Å². The zero-order valence-corrected chi connectivity index (χ0v) is 22.1. The van der Waals surface area contributed by atoms with Crippen LogP contribution in [0.2, 0.25) is 0 Å². The number of nitrogens with two attached hydrogens (primary N) is 1. The van der Waals surface area contributed by atoms with Gasteiger partial charge in [0.15, 0.2) is 0 Å². The molecule has 0 aliphatic carbocycles. The summed E-state index contributed by atoms with van der Waals surface area (Å²) < 4.78 is 65.2. The van der Waals surface area contributed by atoms with Crippen LogP contribution >= 0.6 is 0 Å². The number of carbonyl (C=O) groups is 2. The fourth-order valence-electron chi connectivity index (χ4n) is 4.00. The monoisotopic (exact) mass is 580 g/mol. The second kappa shape index (κ2) is 12.3. The van der Waals surface area contributed by atoms with Crippen molar-refractivity contribution in [3.63, 3.8) is 0 Å². The van der Waals surface area contributed by atoms with Gasteiger partial charge < -0.3 is 20.5 Å². The Bertz CT molecular complexity index is 1530. The molecule has 1 fully saturated rings. The summed E-state index contributed by atoms with van der Waals surface area (Å²) in [6.07, 6.45) is -4.51. The molecule has 10 nitrogen and oxygen atoms in total. The number of carboxylic acid groups (broad SMARTS) is 1. The molecule has 1 atom stereocenters. The lowest BCUT2D eigenvalue weighted by Crippen LogP contribution is -2.34. The summed E-state index contributed by atoms with van der Waals surface area (Å²) in [7, 11) is -2.18. The van der Waals surface area contributed by atoms with E-state index >= 15 is 0 Å². The minimum Gasteiger partial charge on any atom is -0.497 e. The minimum atomic E-state index is -5.08. The Morgan fingerprint density at radius 2 is 1.80 bits per heavy atom. The van der Waals surface area contributed by atoms with Crippen molar-refractivity contribution in [1.82, 2.24) is 9.62 Å². The molecule has 1 aliphatic heterocycles. The van der Waals surface area contributed by atoms with E-state index in [1.54, 1.807) is 54.5 Å². The summed E-state index contributed by atoms with van der Waals surface area (Å²) in [5.74, 6) is -2.58. The lowest BCUT2D eigenvalue weighted by Gasteiger charge is -2.17. The number of methoxy groups -OCH3 is 1. The Labute approximate surface area is 228 Å². The topological polar surface area (TPSA) is 163 Å². The van der Waals surface area contributed by atoms with Crippen LogP contribution in [-0.4, -0.2) is 62.5 Å². The first-order valence-electron chi connectivity index (χ1n) is 11.8. The molecular formula is C26H27F3N4O6S. The molecule has 214 valence electrons. The van der Waals surface area contributed by atoms with Gasteiger partial charge in [-0.1, -0.05) is 30.3 Å². The number of aliphatic carboxylic acids is 1. The van der Waals surface area contributed by atoms with E-state index in [1.807, 2.05) is 18.2 Å². The number of amides is 1. The average molecular weight is 581 g/mol. The lowest BCUT2D eigenvalue weighted by atomic mass is 10.1. The van der Waals surface area contributed by atoms with Crippen molar-refractivity contribution in [2.45, 2.75) is 24.0 Å². The van der Waals surface area contributed by atoms with Gasteiger partial charge in [0.05, 0.1) is 17.9 Å². The molecule has 1 heterocycles. The van der Waals surface area contributed by atoms with Crippen molar-refractivity contribution in [1.29, 1.82) is 5.41 Å². The molecule has 1 amide bonds. The Balaban J connectivity index is 0.000000559. The number of carbonyl (C=O) groups excluding carboxylic acids is 1. The number of nitrogen functional groups attached to an aromatic ring is 1.